The van der Waals surface area contributed by atoms with Gasteiger partial charge in [0.15, 0.2) is 0 Å². The summed E-state index contributed by atoms with van der Waals surface area (Å²) in [5, 5.41) is 4.19. The van der Waals surface area contributed by atoms with Gasteiger partial charge in [0.2, 0.25) is 11.8 Å². The molecule has 0 bridgehead atoms. The predicted octanol–water partition coefficient (Wildman–Crippen LogP) is 1.50. The van der Waals surface area contributed by atoms with E-state index in [1.165, 1.54) is 0 Å². The molecule has 7 nitrogen and oxygen atoms in total. The number of nitrogens with zero attached hydrogens (tertiary/aromatic N) is 5. The normalized spacial score (nSPS) is 22.3. The summed E-state index contributed by atoms with van der Waals surface area (Å²) in [5.41, 5.74) is 0.879. The molecule has 3 heterocycles. The molecule has 2 fully saturated rings. The van der Waals surface area contributed by atoms with Crippen molar-refractivity contribution >= 4 is 17.5 Å². The van der Waals surface area contributed by atoms with Gasteiger partial charge in [0, 0.05) is 52.4 Å². The molecule has 2 aliphatic heterocycles. The highest BCUT2D eigenvalue weighted by Crippen LogP contribution is 2.24. The number of hydrogen-bond donors (Lipinski definition) is 0. The largest absolute Gasteiger partial charge is 0.340 e. The first-order valence-corrected chi connectivity index (χ1v) is 9.77. The summed E-state index contributed by atoms with van der Waals surface area (Å²) in [4.78, 5) is 31.4. The van der Waals surface area contributed by atoms with Crippen LogP contribution < -0.4 is 4.90 Å². The number of hydrogen-bond acceptors (Lipinski definition) is 4. The second-order valence-corrected chi connectivity index (χ2v) is 7.87. The molecule has 26 heavy (non-hydrogen) atoms. The average molecular weight is 361 g/mol. The lowest BCUT2D eigenvalue weighted by Gasteiger charge is -2.42. The van der Waals surface area contributed by atoms with Crippen LogP contribution in [0.4, 0.5) is 5.69 Å². The molecule has 0 spiro atoms. The van der Waals surface area contributed by atoms with E-state index in [1.807, 2.05) is 23.0 Å². The number of anilines is 1. The van der Waals surface area contributed by atoms with Gasteiger partial charge in [-0.15, -0.1) is 0 Å². The van der Waals surface area contributed by atoms with Crippen LogP contribution in [0.5, 0.6) is 0 Å². The van der Waals surface area contributed by atoms with Crippen molar-refractivity contribution < 1.29 is 9.59 Å². The summed E-state index contributed by atoms with van der Waals surface area (Å²) in [5.74, 6) is 0.979. The molecule has 0 aliphatic carbocycles. The van der Waals surface area contributed by atoms with E-state index in [-0.39, 0.29) is 17.9 Å². The van der Waals surface area contributed by atoms with Gasteiger partial charge in [-0.3, -0.25) is 19.2 Å². The third-order valence-corrected chi connectivity index (χ3v) is 5.46. The number of rotatable bonds is 5. The van der Waals surface area contributed by atoms with Crippen molar-refractivity contribution in [3.8, 4) is 0 Å². The molecule has 0 N–H and O–H groups in total. The fourth-order valence-electron chi connectivity index (χ4n) is 3.85. The van der Waals surface area contributed by atoms with Crippen LogP contribution >= 0.6 is 0 Å². The molecule has 0 aromatic carbocycles. The Hall–Kier alpha value is -1.89. The van der Waals surface area contributed by atoms with Crippen LogP contribution in [0.1, 0.15) is 39.5 Å². The van der Waals surface area contributed by atoms with E-state index in [0.717, 1.165) is 57.7 Å². The maximum Gasteiger partial charge on any atom is 0.244 e. The molecular formula is C19H31N5O2. The Balaban J connectivity index is 1.55. The minimum atomic E-state index is -0.0723. The van der Waals surface area contributed by atoms with Crippen LogP contribution in [0.25, 0.3) is 0 Å². The van der Waals surface area contributed by atoms with E-state index in [0.29, 0.717) is 12.3 Å². The molecular weight excluding hydrogens is 330 g/mol. The number of aromatic nitrogens is 2. The summed E-state index contributed by atoms with van der Waals surface area (Å²) in [6.07, 6.45) is 7.13. The molecule has 144 valence electrons. The van der Waals surface area contributed by atoms with Gasteiger partial charge < -0.3 is 9.80 Å². The van der Waals surface area contributed by atoms with Crippen molar-refractivity contribution in [1.29, 1.82) is 0 Å². The quantitative estimate of drug-likeness (QED) is 0.797. The zero-order valence-corrected chi connectivity index (χ0v) is 16.2. The molecule has 1 atom stereocenters. The molecule has 3 rings (SSSR count). The Morgan fingerprint density at radius 1 is 1.23 bits per heavy atom. The number of piperidine rings is 1. The molecule has 0 saturated carbocycles. The Kier molecular flexibility index (Phi) is 5.96. The summed E-state index contributed by atoms with van der Waals surface area (Å²) >= 11 is 0. The highest BCUT2D eigenvalue weighted by Gasteiger charge is 2.36. The summed E-state index contributed by atoms with van der Waals surface area (Å²) in [7, 11) is 1.87. The Bertz CT molecular complexity index is 634. The van der Waals surface area contributed by atoms with E-state index in [1.54, 1.807) is 10.9 Å². The highest BCUT2D eigenvalue weighted by molar-refractivity contribution is 5.97. The van der Waals surface area contributed by atoms with Crippen LogP contribution in [0.3, 0.4) is 0 Å². The van der Waals surface area contributed by atoms with Crippen molar-refractivity contribution in [3.05, 3.63) is 12.4 Å². The second kappa shape index (κ2) is 8.20. The maximum absolute atomic E-state index is 13.0. The van der Waals surface area contributed by atoms with Crippen molar-refractivity contribution in [3.63, 3.8) is 0 Å². The summed E-state index contributed by atoms with van der Waals surface area (Å²) in [6, 6.07) is -0.0723. The number of amides is 2. The molecule has 1 unspecified atom stereocenters. The van der Waals surface area contributed by atoms with Gasteiger partial charge in [0.05, 0.1) is 17.9 Å². The van der Waals surface area contributed by atoms with Gasteiger partial charge in [-0.2, -0.15) is 5.10 Å². The molecule has 0 radical (unpaired) electrons. The molecule has 1 aromatic rings. The van der Waals surface area contributed by atoms with Gasteiger partial charge in [0.25, 0.3) is 0 Å². The number of carbonyl (C=O) groups is 2. The fourth-order valence-corrected chi connectivity index (χ4v) is 3.85. The monoisotopic (exact) mass is 361 g/mol. The lowest BCUT2D eigenvalue weighted by Crippen LogP contribution is -2.58. The standard InChI is InChI=1S/C19H31N5O2/c1-15(2)6-7-18(25)23-11-9-22(10-12-23)17-5-4-8-24(19(17)26)16-13-20-21(3)14-16/h13-15,17H,4-12H2,1-3H3. The van der Waals surface area contributed by atoms with E-state index < -0.39 is 0 Å². The maximum atomic E-state index is 13.0. The number of carbonyl (C=O) groups excluding carboxylic acids is 2. The first kappa shape index (κ1) is 18.9. The molecule has 2 saturated heterocycles. The van der Waals surface area contributed by atoms with Crippen LogP contribution in [0.15, 0.2) is 12.4 Å². The van der Waals surface area contributed by atoms with E-state index >= 15 is 0 Å². The Morgan fingerprint density at radius 3 is 2.58 bits per heavy atom. The van der Waals surface area contributed by atoms with Crippen molar-refractivity contribution in [2.24, 2.45) is 13.0 Å². The number of aryl methyl sites for hydroxylation is 1. The number of piperazine rings is 1. The Morgan fingerprint density at radius 2 is 1.96 bits per heavy atom. The lowest BCUT2D eigenvalue weighted by atomic mass is 10.0. The van der Waals surface area contributed by atoms with E-state index in [4.69, 9.17) is 0 Å². The first-order chi connectivity index (χ1) is 12.5. The van der Waals surface area contributed by atoms with E-state index in [9.17, 15) is 9.59 Å². The van der Waals surface area contributed by atoms with Crippen molar-refractivity contribution in [2.75, 3.05) is 37.6 Å². The van der Waals surface area contributed by atoms with Crippen molar-refractivity contribution in [2.45, 2.75) is 45.6 Å². The third kappa shape index (κ3) is 4.26. The lowest BCUT2D eigenvalue weighted by molar-refractivity contribution is -0.134. The Labute approximate surface area is 155 Å². The van der Waals surface area contributed by atoms with Gasteiger partial charge in [0.1, 0.15) is 0 Å². The average Bonchev–Trinajstić information content (AvgIpc) is 3.06. The van der Waals surface area contributed by atoms with Gasteiger partial charge in [-0.05, 0) is 25.2 Å². The minimum absolute atomic E-state index is 0.0723. The highest BCUT2D eigenvalue weighted by atomic mass is 16.2. The molecule has 2 aliphatic rings. The molecule has 7 heteroatoms. The van der Waals surface area contributed by atoms with Gasteiger partial charge in [-0.25, -0.2) is 0 Å². The van der Waals surface area contributed by atoms with Crippen LogP contribution in [0.2, 0.25) is 0 Å². The second-order valence-electron chi connectivity index (χ2n) is 7.87. The van der Waals surface area contributed by atoms with Crippen LogP contribution in [-0.4, -0.2) is 70.2 Å². The fraction of sp³-hybridized carbons (Fsp3) is 0.737. The van der Waals surface area contributed by atoms with E-state index in [2.05, 4.69) is 23.8 Å². The third-order valence-electron chi connectivity index (χ3n) is 5.46. The van der Waals surface area contributed by atoms with Crippen molar-refractivity contribution in [1.82, 2.24) is 19.6 Å². The van der Waals surface area contributed by atoms with Gasteiger partial charge in [-0.1, -0.05) is 13.8 Å². The minimum Gasteiger partial charge on any atom is -0.340 e. The first-order valence-electron chi connectivity index (χ1n) is 9.77. The van der Waals surface area contributed by atoms with Gasteiger partial charge >= 0.3 is 0 Å². The SMILES string of the molecule is CC(C)CCC(=O)N1CCN(C2CCCN(c3cnn(C)c3)C2=O)CC1. The summed E-state index contributed by atoms with van der Waals surface area (Å²) < 4.78 is 1.73. The molecule has 1 aromatic heterocycles. The molecule has 2 amide bonds. The smallest absolute Gasteiger partial charge is 0.244 e. The van der Waals surface area contributed by atoms with Crippen LogP contribution in [0, 0.1) is 5.92 Å². The van der Waals surface area contributed by atoms with Crippen LogP contribution in [-0.2, 0) is 16.6 Å². The zero-order valence-electron chi connectivity index (χ0n) is 16.2. The topological polar surface area (TPSA) is 61.7 Å². The summed E-state index contributed by atoms with van der Waals surface area (Å²) in [6.45, 7) is 8.08. The zero-order chi connectivity index (χ0) is 18.7. The predicted molar refractivity (Wildman–Crippen MR) is 101 cm³/mol.